The molecule has 0 amide bonds. The fraction of sp³-hybridized carbons (Fsp3) is 0.174. The number of para-hydroxylation sites is 1. The number of hydrogen-bond acceptors (Lipinski definition) is 6. The molecule has 1 atom stereocenters. The van der Waals surface area contributed by atoms with Crippen molar-refractivity contribution < 1.29 is 0 Å². The van der Waals surface area contributed by atoms with E-state index in [4.69, 9.17) is 10.7 Å². The third-order valence-corrected chi connectivity index (χ3v) is 5.59. The molecule has 0 aliphatic heterocycles. The molecule has 0 aliphatic rings. The maximum Gasteiger partial charge on any atom is 0.266 e. The Morgan fingerprint density at radius 1 is 0.935 bits per heavy atom. The second-order valence-electron chi connectivity index (χ2n) is 7.59. The summed E-state index contributed by atoms with van der Waals surface area (Å²) in [5.41, 5.74) is 11.7. The van der Waals surface area contributed by atoms with Gasteiger partial charge < -0.3 is 5.73 Å². The van der Waals surface area contributed by atoms with E-state index in [1.54, 1.807) is 15.5 Å². The van der Waals surface area contributed by atoms with Crippen molar-refractivity contribution in [2.75, 3.05) is 0 Å². The summed E-state index contributed by atoms with van der Waals surface area (Å²) in [5.74, 6) is 0.410. The molecule has 0 radical (unpaired) electrons. The van der Waals surface area contributed by atoms with Crippen LogP contribution in [0.3, 0.4) is 0 Å². The van der Waals surface area contributed by atoms with Crippen LogP contribution in [0, 0.1) is 20.8 Å². The quantitative estimate of drug-likeness (QED) is 0.489. The van der Waals surface area contributed by atoms with Crippen molar-refractivity contribution >= 4 is 22.1 Å². The van der Waals surface area contributed by atoms with Crippen LogP contribution in [0.1, 0.15) is 28.8 Å². The van der Waals surface area contributed by atoms with E-state index in [9.17, 15) is 4.79 Å². The predicted octanol–water partition coefficient (Wildman–Crippen LogP) is 2.96. The molecule has 0 spiro atoms. The highest BCUT2D eigenvalue weighted by molar-refractivity contribution is 5.81. The molecular weight excluding hydrogens is 390 g/mol. The van der Waals surface area contributed by atoms with Crippen LogP contribution in [0.4, 0.5) is 0 Å². The van der Waals surface area contributed by atoms with Crippen LogP contribution >= 0.6 is 0 Å². The number of rotatable bonds is 3. The molecule has 31 heavy (non-hydrogen) atoms. The largest absolute Gasteiger partial charge is 0.304 e. The fourth-order valence-corrected chi connectivity index (χ4v) is 3.96. The zero-order chi connectivity index (χ0) is 21.7. The fourth-order valence-electron chi connectivity index (χ4n) is 3.96. The van der Waals surface area contributed by atoms with Gasteiger partial charge in [-0.25, -0.2) is 19.9 Å². The maximum atomic E-state index is 13.7. The van der Waals surface area contributed by atoms with Gasteiger partial charge in [0.15, 0.2) is 11.5 Å². The number of benzene rings is 2. The normalized spacial score (nSPS) is 12.5. The van der Waals surface area contributed by atoms with Gasteiger partial charge in [0, 0.05) is 0 Å². The van der Waals surface area contributed by atoms with E-state index in [-0.39, 0.29) is 5.56 Å². The van der Waals surface area contributed by atoms with Gasteiger partial charge in [-0.2, -0.15) is 0 Å². The molecule has 0 saturated heterocycles. The minimum Gasteiger partial charge on any atom is -0.304 e. The minimum absolute atomic E-state index is 0.155. The third kappa shape index (κ3) is 2.91. The van der Waals surface area contributed by atoms with E-state index in [0.29, 0.717) is 27.9 Å². The van der Waals surface area contributed by atoms with E-state index in [1.165, 1.54) is 6.33 Å². The molecule has 5 rings (SSSR count). The lowest BCUT2D eigenvalue weighted by Crippen LogP contribution is -2.32. The van der Waals surface area contributed by atoms with Crippen molar-refractivity contribution in [2.45, 2.75) is 26.9 Å². The minimum atomic E-state index is -0.781. The van der Waals surface area contributed by atoms with E-state index in [1.807, 2.05) is 63.2 Å². The summed E-state index contributed by atoms with van der Waals surface area (Å²) >= 11 is 0. The molecule has 8 nitrogen and oxygen atoms in total. The maximum absolute atomic E-state index is 13.7. The Bertz CT molecular complexity index is 1520. The van der Waals surface area contributed by atoms with Gasteiger partial charge in [0.1, 0.15) is 18.0 Å². The highest BCUT2D eigenvalue weighted by atomic mass is 16.1. The molecule has 154 valence electrons. The third-order valence-electron chi connectivity index (χ3n) is 5.59. The van der Waals surface area contributed by atoms with Crippen LogP contribution < -0.4 is 11.3 Å². The summed E-state index contributed by atoms with van der Waals surface area (Å²) in [5, 5.41) is 0.579. The molecular formula is C23H21N7O. The van der Waals surface area contributed by atoms with Gasteiger partial charge in [-0.15, -0.1) is 0 Å². The molecule has 3 heterocycles. The second-order valence-corrected chi connectivity index (χ2v) is 7.59. The van der Waals surface area contributed by atoms with Gasteiger partial charge in [0.25, 0.3) is 5.56 Å². The topological polar surface area (TPSA) is 105 Å². The smallest absolute Gasteiger partial charge is 0.266 e. The Labute approximate surface area is 178 Å². The lowest BCUT2D eigenvalue weighted by atomic mass is 10.1. The molecule has 1 unspecified atom stereocenters. The van der Waals surface area contributed by atoms with Crippen molar-refractivity contribution in [1.29, 1.82) is 0 Å². The van der Waals surface area contributed by atoms with E-state index in [2.05, 4.69) is 15.0 Å². The first-order chi connectivity index (χ1) is 15.0. The number of nitrogens with zero attached hydrogens (tertiary/aromatic N) is 6. The van der Waals surface area contributed by atoms with Gasteiger partial charge in [0.05, 0.1) is 28.6 Å². The first-order valence-electron chi connectivity index (χ1n) is 9.95. The van der Waals surface area contributed by atoms with E-state index in [0.717, 1.165) is 22.5 Å². The summed E-state index contributed by atoms with van der Waals surface area (Å²) in [6.45, 7) is 5.74. The summed E-state index contributed by atoms with van der Waals surface area (Å²) in [6.07, 6.45) is 2.32. The first-order valence-corrected chi connectivity index (χ1v) is 9.95. The van der Waals surface area contributed by atoms with Crippen LogP contribution in [-0.2, 0) is 0 Å². The van der Waals surface area contributed by atoms with Crippen LogP contribution in [-0.4, -0.2) is 29.1 Å². The Hall–Kier alpha value is -3.91. The lowest BCUT2D eigenvalue weighted by molar-refractivity contribution is 0.565. The summed E-state index contributed by atoms with van der Waals surface area (Å²) in [7, 11) is 0. The number of imidazole rings is 1. The van der Waals surface area contributed by atoms with Crippen molar-refractivity contribution in [3.8, 4) is 5.69 Å². The highest BCUT2D eigenvalue weighted by Gasteiger charge is 2.23. The number of aromatic nitrogens is 6. The summed E-state index contributed by atoms with van der Waals surface area (Å²) in [4.78, 5) is 31.6. The Morgan fingerprint density at radius 2 is 1.71 bits per heavy atom. The van der Waals surface area contributed by atoms with Crippen molar-refractivity contribution in [2.24, 2.45) is 5.73 Å². The van der Waals surface area contributed by atoms with Crippen LogP contribution in [0.5, 0.6) is 0 Å². The second kappa shape index (κ2) is 7.10. The number of fused-ring (bicyclic) bond motifs is 2. The number of aryl methyl sites for hydroxylation is 3. The van der Waals surface area contributed by atoms with Crippen LogP contribution in [0.15, 0.2) is 59.9 Å². The standard InChI is InChI=1S/C23H21N7O/c1-13-7-4-5-10-17(13)30-22(28-16-9-6-8-14(2)18(16)23(30)31)20(24)29-12-27-19-15(3)25-11-26-21(19)29/h4-12,20H,24H2,1-3H3. The molecule has 0 bridgehead atoms. The molecule has 3 aromatic heterocycles. The van der Waals surface area contributed by atoms with Gasteiger partial charge in [-0.3, -0.25) is 13.9 Å². The molecule has 5 aromatic rings. The predicted molar refractivity (Wildman–Crippen MR) is 119 cm³/mol. The summed E-state index contributed by atoms with van der Waals surface area (Å²) < 4.78 is 3.33. The Kier molecular flexibility index (Phi) is 4.37. The number of hydrogen-bond donors (Lipinski definition) is 1. The average Bonchev–Trinajstić information content (AvgIpc) is 3.19. The molecule has 2 aromatic carbocycles. The zero-order valence-electron chi connectivity index (χ0n) is 17.4. The Balaban J connectivity index is 1.86. The van der Waals surface area contributed by atoms with Crippen molar-refractivity contribution in [3.63, 3.8) is 0 Å². The zero-order valence-corrected chi connectivity index (χ0v) is 17.4. The van der Waals surface area contributed by atoms with Gasteiger partial charge in [-0.1, -0.05) is 30.3 Å². The van der Waals surface area contributed by atoms with E-state index < -0.39 is 6.17 Å². The van der Waals surface area contributed by atoms with Gasteiger partial charge in [-0.05, 0) is 44.0 Å². The van der Waals surface area contributed by atoms with Crippen LogP contribution in [0.2, 0.25) is 0 Å². The molecule has 2 N–H and O–H groups in total. The monoisotopic (exact) mass is 411 g/mol. The molecule has 8 heteroatoms. The van der Waals surface area contributed by atoms with Crippen molar-refractivity contribution in [3.05, 3.63) is 88.1 Å². The number of nitrogens with two attached hydrogens (primary N) is 1. The lowest BCUT2D eigenvalue weighted by Gasteiger charge is -2.21. The molecule has 0 aliphatic carbocycles. The van der Waals surface area contributed by atoms with Crippen molar-refractivity contribution in [1.82, 2.24) is 29.1 Å². The highest BCUT2D eigenvalue weighted by Crippen LogP contribution is 2.24. The van der Waals surface area contributed by atoms with E-state index >= 15 is 0 Å². The van der Waals surface area contributed by atoms with Crippen LogP contribution in [0.25, 0.3) is 27.8 Å². The Morgan fingerprint density at radius 3 is 2.52 bits per heavy atom. The molecule has 0 fully saturated rings. The summed E-state index contributed by atoms with van der Waals surface area (Å²) in [6, 6.07) is 13.3. The average molecular weight is 411 g/mol. The van der Waals surface area contributed by atoms with Gasteiger partial charge >= 0.3 is 0 Å². The first kappa shape index (κ1) is 19.1. The SMILES string of the molecule is Cc1ccccc1-n1c(C(N)n2cnc3c(C)ncnc32)nc2cccc(C)c2c1=O. The van der Waals surface area contributed by atoms with Gasteiger partial charge in [0.2, 0.25) is 0 Å². The molecule has 0 saturated carbocycles.